The van der Waals surface area contributed by atoms with Crippen LogP contribution in [0, 0.1) is 11.7 Å². The van der Waals surface area contributed by atoms with Gasteiger partial charge in [-0.3, -0.25) is 9.36 Å². The highest BCUT2D eigenvalue weighted by Crippen LogP contribution is 2.11. The first-order chi connectivity index (χ1) is 8.15. The molecule has 2 aromatic rings. The average Bonchev–Trinajstić information content (AvgIpc) is 2.31. The Labute approximate surface area is 104 Å². The number of nitrogens with one attached hydrogen (secondary N) is 1. The molecule has 0 spiro atoms. The molecule has 0 amide bonds. The Kier molecular flexibility index (Phi) is 3.40. The topological polar surface area (TPSA) is 47.0 Å². The van der Waals surface area contributed by atoms with E-state index in [9.17, 15) is 4.79 Å². The first-order valence-electron chi connectivity index (χ1n) is 5.36. The molecule has 90 valence electrons. The number of fused-ring (bicyclic) bond motifs is 1. The summed E-state index contributed by atoms with van der Waals surface area (Å²) in [7, 11) is 1.60. The van der Waals surface area contributed by atoms with E-state index in [0.29, 0.717) is 23.3 Å². The lowest BCUT2D eigenvalue weighted by Crippen LogP contribution is -2.24. The molecule has 0 atom stereocenters. The van der Waals surface area contributed by atoms with Crippen molar-refractivity contribution in [3.63, 3.8) is 0 Å². The van der Waals surface area contributed by atoms with Gasteiger partial charge in [0.1, 0.15) is 0 Å². The second-order valence-electron chi connectivity index (χ2n) is 3.88. The van der Waals surface area contributed by atoms with E-state index >= 15 is 0 Å². The van der Waals surface area contributed by atoms with E-state index in [4.69, 9.17) is 17.0 Å². The van der Waals surface area contributed by atoms with Gasteiger partial charge in [0.25, 0.3) is 5.56 Å². The number of aryl methyl sites for hydroxylation is 1. The van der Waals surface area contributed by atoms with Crippen LogP contribution in [-0.2, 0) is 11.3 Å². The molecule has 1 heterocycles. The zero-order chi connectivity index (χ0) is 12.4. The fraction of sp³-hybridized carbons (Fsp3) is 0.333. The molecule has 1 aromatic heterocycles. The van der Waals surface area contributed by atoms with Crippen LogP contribution in [0.5, 0.6) is 0 Å². The van der Waals surface area contributed by atoms with Gasteiger partial charge in [0, 0.05) is 7.11 Å². The summed E-state index contributed by atoms with van der Waals surface area (Å²) in [5.41, 5.74) is 1.77. The van der Waals surface area contributed by atoms with Crippen molar-refractivity contribution in [1.29, 1.82) is 0 Å². The third-order valence-corrected chi connectivity index (χ3v) is 3.07. The van der Waals surface area contributed by atoms with Crippen molar-refractivity contribution in [2.45, 2.75) is 13.5 Å². The van der Waals surface area contributed by atoms with Crippen LogP contribution in [0.3, 0.4) is 0 Å². The van der Waals surface area contributed by atoms with Crippen molar-refractivity contribution in [2.75, 3.05) is 13.7 Å². The molecule has 0 radical (unpaired) electrons. The summed E-state index contributed by atoms with van der Waals surface area (Å²) in [6.45, 7) is 2.88. The van der Waals surface area contributed by atoms with Gasteiger partial charge in [-0.2, -0.15) is 0 Å². The molecule has 17 heavy (non-hydrogen) atoms. The molecule has 0 fully saturated rings. The van der Waals surface area contributed by atoms with Crippen molar-refractivity contribution in [2.24, 2.45) is 0 Å². The molecule has 0 aliphatic rings. The Hall–Kier alpha value is -1.46. The molecule has 0 aliphatic heterocycles. The molecular formula is C12H14N2O2S. The number of rotatable bonds is 3. The Morgan fingerprint density at radius 2 is 2.24 bits per heavy atom. The van der Waals surface area contributed by atoms with Crippen molar-refractivity contribution in [3.05, 3.63) is 38.9 Å². The Bertz CT molecular complexity index is 658. The number of H-pyrrole nitrogens is 1. The molecule has 0 bridgehead atoms. The van der Waals surface area contributed by atoms with E-state index in [1.807, 2.05) is 19.1 Å². The van der Waals surface area contributed by atoms with Crippen LogP contribution in [0.2, 0.25) is 0 Å². The van der Waals surface area contributed by atoms with Gasteiger partial charge in [-0.15, -0.1) is 0 Å². The number of para-hydroxylation sites is 1. The normalized spacial score (nSPS) is 10.9. The van der Waals surface area contributed by atoms with E-state index in [0.717, 1.165) is 11.1 Å². The molecule has 0 saturated carbocycles. The third-order valence-electron chi connectivity index (χ3n) is 2.74. The standard InChI is InChI=1S/C12H14N2O2S/c1-8-4-3-5-9-10(8)13-12(17)14(11(9)15)6-7-16-2/h3-5H,6-7H2,1-2H3,(H,13,17). The summed E-state index contributed by atoms with van der Waals surface area (Å²) in [6.07, 6.45) is 0. The first-order valence-corrected chi connectivity index (χ1v) is 5.77. The summed E-state index contributed by atoms with van der Waals surface area (Å²) in [5, 5.41) is 0.662. The third kappa shape index (κ3) is 2.16. The summed E-state index contributed by atoms with van der Waals surface area (Å²) in [6, 6.07) is 5.63. The highest BCUT2D eigenvalue weighted by molar-refractivity contribution is 7.71. The summed E-state index contributed by atoms with van der Waals surface area (Å²) in [4.78, 5) is 15.3. The van der Waals surface area contributed by atoms with Crippen LogP contribution in [0.15, 0.2) is 23.0 Å². The Balaban J connectivity index is 2.73. The fourth-order valence-corrected chi connectivity index (χ4v) is 2.09. The maximum absolute atomic E-state index is 12.2. The first kappa shape index (κ1) is 12.0. The lowest BCUT2D eigenvalue weighted by molar-refractivity contribution is 0.185. The molecular weight excluding hydrogens is 236 g/mol. The SMILES string of the molecule is COCCn1c(=S)[nH]c2c(C)cccc2c1=O. The molecule has 1 N–H and O–H groups in total. The highest BCUT2D eigenvalue weighted by atomic mass is 32.1. The molecule has 2 rings (SSSR count). The van der Waals surface area contributed by atoms with E-state index < -0.39 is 0 Å². The molecule has 0 aliphatic carbocycles. The number of benzene rings is 1. The van der Waals surface area contributed by atoms with Crippen molar-refractivity contribution < 1.29 is 4.74 Å². The smallest absolute Gasteiger partial charge is 0.262 e. The average molecular weight is 250 g/mol. The van der Waals surface area contributed by atoms with Gasteiger partial charge in [-0.05, 0) is 30.8 Å². The number of hydrogen-bond acceptors (Lipinski definition) is 3. The minimum atomic E-state index is -0.0653. The van der Waals surface area contributed by atoms with Crippen molar-refractivity contribution in [3.8, 4) is 0 Å². The number of aromatic nitrogens is 2. The summed E-state index contributed by atoms with van der Waals surface area (Å²) < 4.78 is 6.94. The molecule has 0 unspecified atom stereocenters. The van der Waals surface area contributed by atoms with E-state index in [-0.39, 0.29) is 5.56 Å². The van der Waals surface area contributed by atoms with Gasteiger partial charge in [0.05, 0.1) is 24.1 Å². The minimum Gasteiger partial charge on any atom is -0.383 e. The minimum absolute atomic E-state index is 0.0653. The van der Waals surface area contributed by atoms with E-state index in [1.54, 1.807) is 13.2 Å². The largest absolute Gasteiger partial charge is 0.383 e. The Morgan fingerprint density at radius 1 is 1.47 bits per heavy atom. The Morgan fingerprint density at radius 3 is 2.94 bits per heavy atom. The number of methoxy groups -OCH3 is 1. The predicted molar refractivity (Wildman–Crippen MR) is 70.0 cm³/mol. The van der Waals surface area contributed by atoms with Crippen LogP contribution >= 0.6 is 12.2 Å². The van der Waals surface area contributed by atoms with Crippen molar-refractivity contribution >= 4 is 23.1 Å². The summed E-state index contributed by atoms with van der Waals surface area (Å²) >= 11 is 5.19. The highest BCUT2D eigenvalue weighted by Gasteiger charge is 2.06. The van der Waals surface area contributed by atoms with Gasteiger partial charge in [0.15, 0.2) is 4.77 Å². The predicted octanol–water partition coefficient (Wildman–Crippen LogP) is 2.01. The van der Waals surface area contributed by atoms with Crippen LogP contribution in [0.4, 0.5) is 0 Å². The van der Waals surface area contributed by atoms with Crippen LogP contribution in [0.25, 0.3) is 10.9 Å². The number of ether oxygens (including phenoxy) is 1. The van der Waals surface area contributed by atoms with Gasteiger partial charge < -0.3 is 9.72 Å². The lowest BCUT2D eigenvalue weighted by Gasteiger charge is -2.08. The van der Waals surface area contributed by atoms with Gasteiger partial charge >= 0.3 is 0 Å². The number of nitrogens with zero attached hydrogens (tertiary/aromatic N) is 1. The van der Waals surface area contributed by atoms with Gasteiger partial charge in [-0.25, -0.2) is 0 Å². The second-order valence-corrected chi connectivity index (χ2v) is 4.26. The molecule has 0 saturated heterocycles. The van der Waals surface area contributed by atoms with Gasteiger partial charge in [0.2, 0.25) is 0 Å². The van der Waals surface area contributed by atoms with Gasteiger partial charge in [-0.1, -0.05) is 12.1 Å². The quantitative estimate of drug-likeness (QED) is 0.848. The molecule has 4 nitrogen and oxygen atoms in total. The number of aromatic amines is 1. The fourth-order valence-electron chi connectivity index (χ4n) is 1.81. The van der Waals surface area contributed by atoms with Crippen LogP contribution in [-0.4, -0.2) is 23.3 Å². The number of hydrogen-bond donors (Lipinski definition) is 1. The zero-order valence-electron chi connectivity index (χ0n) is 9.82. The summed E-state index contributed by atoms with van der Waals surface area (Å²) in [5.74, 6) is 0. The maximum Gasteiger partial charge on any atom is 0.262 e. The van der Waals surface area contributed by atoms with E-state index in [2.05, 4.69) is 4.98 Å². The zero-order valence-corrected chi connectivity index (χ0v) is 10.6. The van der Waals surface area contributed by atoms with E-state index in [1.165, 1.54) is 4.57 Å². The van der Waals surface area contributed by atoms with Crippen molar-refractivity contribution in [1.82, 2.24) is 9.55 Å². The van der Waals surface area contributed by atoms with Crippen LogP contribution < -0.4 is 5.56 Å². The van der Waals surface area contributed by atoms with Crippen LogP contribution in [0.1, 0.15) is 5.56 Å². The lowest BCUT2D eigenvalue weighted by atomic mass is 10.1. The maximum atomic E-state index is 12.2. The second kappa shape index (κ2) is 4.81. The molecule has 1 aromatic carbocycles. The monoisotopic (exact) mass is 250 g/mol. The molecule has 5 heteroatoms.